The summed E-state index contributed by atoms with van der Waals surface area (Å²) in [7, 11) is 0. The fourth-order valence-corrected chi connectivity index (χ4v) is 11.6. The molecule has 0 spiro atoms. The van der Waals surface area contributed by atoms with Gasteiger partial charge in [-0.15, -0.1) is 0 Å². The summed E-state index contributed by atoms with van der Waals surface area (Å²) < 4.78 is 34.3. The van der Waals surface area contributed by atoms with Crippen LogP contribution in [0, 0.1) is 0 Å². The molecule has 0 aromatic carbocycles. The van der Waals surface area contributed by atoms with Crippen molar-refractivity contribution in [2.75, 3.05) is 26.4 Å². The van der Waals surface area contributed by atoms with E-state index in [-0.39, 0.29) is 18.9 Å². The van der Waals surface area contributed by atoms with Gasteiger partial charge in [-0.2, -0.15) is 0 Å². The number of aliphatic hydroxyl groups is 11. The van der Waals surface area contributed by atoms with Crippen LogP contribution in [0.15, 0.2) is 85.1 Å². The molecule has 0 saturated carbocycles. The van der Waals surface area contributed by atoms with Crippen LogP contribution in [0.1, 0.15) is 239 Å². The number of rotatable bonds is 54. The van der Waals surface area contributed by atoms with Gasteiger partial charge in [-0.1, -0.05) is 240 Å². The number of allylic oxidation sites excluding steroid dienone is 13. The molecule has 92 heavy (non-hydrogen) atoms. The topological polar surface area (TPSA) is 307 Å². The lowest BCUT2D eigenvalue weighted by atomic mass is 9.96. The largest absolute Gasteiger partial charge is 0.394 e. The molecule has 1 amide bonds. The maximum Gasteiger partial charge on any atom is 0.220 e. The molecule has 19 nitrogen and oxygen atoms in total. The van der Waals surface area contributed by atoms with E-state index in [1.54, 1.807) is 6.08 Å². The first-order valence-electron chi connectivity index (χ1n) is 35.8. The zero-order chi connectivity index (χ0) is 66.8. The van der Waals surface area contributed by atoms with Crippen LogP contribution in [0.5, 0.6) is 0 Å². The molecule has 3 fully saturated rings. The highest BCUT2D eigenvalue weighted by atomic mass is 16.8. The molecule has 3 rings (SSSR count). The summed E-state index contributed by atoms with van der Waals surface area (Å²) in [6.45, 7) is 1.59. The first-order valence-corrected chi connectivity index (χ1v) is 35.8. The molecule has 19 heteroatoms. The Balaban J connectivity index is 1.45. The van der Waals surface area contributed by atoms with Crippen molar-refractivity contribution in [2.45, 2.75) is 343 Å². The fourth-order valence-electron chi connectivity index (χ4n) is 11.6. The van der Waals surface area contributed by atoms with E-state index in [4.69, 9.17) is 28.4 Å². The van der Waals surface area contributed by atoms with Crippen molar-refractivity contribution < 1.29 is 89.4 Å². The van der Waals surface area contributed by atoms with Crippen molar-refractivity contribution >= 4 is 5.91 Å². The van der Waals surface area contributed by atoms with Gasteiger partial charge in [0, 0.05) is 6.42 Å². The van der Waals surface area contributed by atoms with Crippen molar-refractivity contribution in [1.29, 1.82) is 0 Å². The minimum atomic E-state index is -1.99. The summed E-state index contributed by atoms with van der Waals surface area (Å²) in [4.78, 5) is 13.4. The molecular formula is C73H127NO18. The Hall–Kier alpha value is -3.03. The van der Waals surface area contributed by atoms with E-state index in [2.05, 4.69) is 92.1 Å². The Labute approximate surface area is 552 Å². The van der Waals surface area contributed by atoms with Crippen molar-refractivity contribution in [2.24, 2.45) is 0 Å². The fraction of sp³-hybridized carbons (Fsp3) is 0.795. The molecular weight excluding hydrogens is 1180 g/mol. The van der Waals surface area contributed by atoms with Crippen LogP contribution in [0.4, 0.5) is 0 Å². The second-order valence-corrected chi connectivity index (χ2v) is 25.3. The first-order chi connectivity index (χ1) is 44.8. The molecule has 0 bridgehead atoms. The van der Waals surface area contributed by atoms with Crippen LogP contribution in [0.25, 0.3) is 0 Å². The second kappa shape index (κ2) is 54.0. The van der Waals surface area contributed by atoms with E-state index in [1.165, 1.54) is 122 Å². The van der Waals surface area contributed by atoms with E-state index < -0.39 is 124 Å². The molecule has 0 aromatic heterocycles. The van der Waals surface area contributed by atoms with Gasteiger partial charge in [0.15, 0.2) is 18.9 Å². The van der Waals surface area contributed by atoms with E-state index in [0.29, 0.717) is 12.8 Å². The van der Waals surface area contributed by atoms with Gasteiger partial charge in [0.25, 0.3) is 0 Å². The van der Waals surface area contributed by atoms with Gasteiger partial charge < -0.3 is 89.9 Å². The molecule has 3 aliphatic heterocycles. The van der Waals surface area contributed by atoms with Crippen LogP contribution < -0.4 is 5.32 Å². The number of nitrogens with one attached hydrogen (secondary N) is 1. The van der Waals surface area contributed by atoms with Crippen LogP contribution in [0.3, 0.4) is 0 Å². The number of hydrogen-bond acceptors (Lipinski definition) is 18. The number of amides is 1. The maximum atomic E-state index is 13.4. The van der Waals surface area contributed by atoms with Crippen molar-refractivity contribution in [3.63, 3.8) is 0 Å². The number of unbranched alkanes of at least 4 members (excludes halogenated alkanes) is 26. The Kier molecular flexibility index (Phi) is 48.9. The van der Waals surface area contributed by atoms with E-state index in [0.717, 1.165) is 83.5 Å². The van der Waals surface area contributed by atoms with Crippen LogP contribution >= 0.6 is 0 Å². The Bertz CT molecular complexity index is 2000. The zero-order valence-corrected chi connectivity index (χ0v) is 56.3. The quantitative estimate of drug-likeness (QED) is 0.0199. The van der Waals surface area contributed by atoms with Crippen molar-refractivity contribution in [1.82, 2.24) is 5.32 Å². The summed E-state index contributed by atoms with van der Waals surface area (Å²) in [5, 5.41) is 121. The number of hydrogen-bond donors (Lipinski definition) is 12. The molecule has 532 valence electrons. The standard InChI is InChI=1S/C73H127NO18/c1-3-5-7-9-11-13-15-17-19-21-23-25-26-27-28-29-31-32-34-36-38-40-42-44-46-48-50-57(78)56(74-61(79)51-49-47-45-43-41-39-37-35-33-30-24-22-20-18-16-14-12-10-8-6-4-2)55-87-71-67(85)64(82)69(59(53-76)89-71)92-73-68(86)65(83)70(60(54-77)90-73)91-72-66(84)63(81)62(80)58(52-75)88-72/h6,8,12,14,18,20,24,30,35,37,40,42,48,50,56-60,62-73,75-78,80-86H,3-5,7,9-11,13,15-17,19,21-23,25-29,31-34,36,38-39,41,43-47,49,51-55H2,1-2H3,(H,74,79)/b8-6-,14-12-,20-18-,30-24-,37-35-,42-40+,50-48+. The molecule has 3 heterocycles. The van der Waals surface area contributed by atoms with Gasteiger partial charge in [-0.3, -0.25) is 4.79 Å². The monoisotopic (exact) mass is 1310 g/mol. The molecule has 0 aliphatic carbocycles. The number of ether oxygens (including phenoxy) is 6. The summed E-state index contributed by atoms with van der Waals surface area (Å²) in [6.07, 6.45) is 42.7. The smallest absolute Gasteiger partial charge is 0.220 e. The predicted molar refractivity (Wildman–Crippen MR) is 360 cm³/mol. The molecule has 0 radical (unpaired) electrons. The molecule has 17 atom stereocenters. The molecule has 3 aliphatic rings. The van der Waals surface area contributed by atoms with Crippen LogP contribution in [-0.4, -0.2) is 193 Å². The first kappa shape index (κ1) is 83.2. The third-order valence-electron chi connectivity index (χ3n) is 17.4. The lowest BCUT2D eigenvalue weighted by molar-refractivity contribution is -0.379. The molecule has 0 aromatic rings. The van der Waals surface area contributed by atoms with Gasteiger partial charge in [-0.25, -0.2) is 0 Å². The third kappa shape index (κ3) is 35.3. The highest BCUT2D eigenvalue weighted by Crippen LogP contribution is 2.33. The normalized spacial score (nSPS) is 28.2. The summed E-state index contributed by atoms with van der Waals surface area (Å²) in [5.41, 5.74) is 0. The summed E-state index contributed by atoms with van der Waals surface area (Å²) in [5.74, 6) is -0.306. The molecule has 12 N–H and O–H groups in total. The van der Waals surface area contributed by atoms with Gasteiger partial charge in [0.05, 0.1) is 38.6 Å². The predicted octanol–water partition coefficient (Wildman–Crippen LogP) is 9.88. The lowest BCUT2D eigenvalue weighted by Crippen LogP contribution is -2.66. The van der Waals surface area contributed by atoms with E-state index in [1.807, 2.05) is 6.08 Å². The van der Waals surface area contributed by atoms with E-state index in [9.17, 15) is 61.0 Å². The second-order valence-electron chi connectivity index (χ2n) is 25.3. The van der Waals surface area contributed by atoms with Gasteiger partial charge in [0.2, 0.25) is 5.91 Å². The number of carbonyl (C=O) groups is 1. The highest BCUT2D eigenvalue weighted by molar-refractivity contribution is 5.76. The maximum absolute atomic E-state index is 13.4. The number of aliphatic hydroxyl groups excluding tert-OH is 11. The number of carbonyl (C=O) groups excluding carboxylic acids is 1. The Morgan fingerprint density at radius 1 is 0.402 bits per heavy atom. The average Bonchev–Trinajstić information content (AvgIpc) is 0.838. The van der Waals surface area contributed by atoms with Gasteiger partial charge >= 0.3 is 0 Å². The third-order valence-corrected chi connectivity index (χ3v) is 17.4. The molecule has 3 saturated heterocycles. The van der Waals surface area contributed by atoms with Crippen molar-refractivity contribution in [3.8, 4) is 0 Å². The van der Waals surface area contributed by atoms with Gasteiger partial charge in [-0.05, 0) is 77.0 Å². The van der Waals surface area contributed by atoms with Gasteiger partial charge in [0.1, 0.15) is 73.2 Å². The average molecular weight is 1310 g/mol. The van der Waals surface area contributed by atoms with E-state index >= 15 is 0 Å². The minimum absolute atomic E-state index is 0.209. The summed E-state index contributed by atoms with van der Waals surface area (Å²) in [6, 6.07) is -1.01. The Morgan fingerprint density at radius 2 is 0.761 bits per heavy atom. The lowest BCUT2D eigenvalue weighted by Gasteiger charge is -2.48. The minimum Gasteiger partial charge on any atom is -0.394 e. The zero-order valence-electron chi connectivity index (χ0n) is 56.3. The Morgan fingerprint density at radius 3 is 1.22 bits per heavy atom. The highest BCUT2D eigenvalue weighted by Gasteiger charge is 2.53. The summed E-state index contributed by atoms with van der Waals surface area (Å²) >= 11 is 0. The molecule has 17 unspecified atom stereocenters. The van der Waals surface area contributed by atoms with Crippen LogP contribution in [0.2, 0.25) is 0 Å². The van der Waals surface area contributed by atoms with Crippen molar-refractivity contribution in [3.05, 3.63) is 85.1 Å². The van der Waals surface area contributed by atoms with Crippen LogP contribution in [-0.2, 0) is 33.2 Å². The SMILES string of the molecule is CC/C=C\C/C=C\C/C=C\C/C=C\C/C=C\CCCCCCCC(=O)NC(COC1OC(CO)C(OC2OC(CO)C(OC3OC(CO)C(O)C(O)C3O)C(O)C2O)C(O)C1O)C(O)/C=C/CC/C=C/CCCCCCCCCCCCCCCCCCCCCC.